The van der Waals surface area contributed by atoms with E-state index < -0.39 is 0 Å². The van der Waals surface area contributed by atoms with E-state index in [1.165, 1.54) is 35.3 Å². The summed E-state index contributed by atoms with van der Waals surface area (Å²) in [6.45, 7) is 0. The second-order valence-electron chi connectivity index (χ2n) is 3.85. The largest absolute Gasteiger partial charge is 0.370 e. The lowest BCUT2D eigenvalue weighted by molar-refractivity contribution is -0.117. The van der Waals surface area contributed by atoms with Crippen LogP contribution in [0, 0.1) is 0 Å². The van der Waals surface area contributed by atoms with Crippen LogP contribution in [0.1, 0.15) is 24.0 Å². The molecule has 1 aromatic rings. The van der Waals surface area contributed by atoms with Gasteiger partial charge in [0.2, 0.25) is 5.91 Å². The Bertz CT molecular complexity index is 376. The van der Waals surface area contributed by atoms with Crippen LogP contribution in [0.5, 0.6) is 0 Å². The number of benzene rings is 1. The molecule has 2 nitrogen and oxygen atoms in total. The molecule has 15 heavy (non-hydrogen) atoms. The van der Waals surface area contributed by atoms with Crippen LogP contribution in [-0.4, -0.2) is 11.7 Å². The summed E-state index contributed by atoms with van der Waals surface area (Å²) in [4.78, 5) is 11.8. The van der Waals surface area contributed by atoms with Gasteiger partial charge in [0.05, 0.1) is 0 Å². The minimum Gasteiger partial charge on any atom is -0.370 e. The molecule has 80 valence electrons. The molecule has 0 fully saturated rings. The van der Waals surface area contributed by atoms with E-state index in [4.69, 9.17) is 5.73 Å². The summed E-state index contributed by atoms with van der Waals surface area (Å²) in [6.07, 6.45) is 4.17. The van der Waals surface area contributed by atoms with Crippen LogP contribution < -0.4 is 5.73 Å². The molecule has 1 aliphatic rings. The molecule has 0 aliphatic heterocycles. The average molecular weight is 221 g/mol. The van der Waals surface area contributed by atoms with Gasteiger partial charge in [-0.3, -0.25) is 4.79 Å². The summed E-state index contributed by atoms with van der Waals surface area (Å²) in [5.74, 6) is 0.567. The maximum atomic E-state index is 10.6. The molecule has 0 heterocycles. The molecule has 0 saturated carbocycles. The molecule has 0 atom stereocenters. The summed E-state index contributed by atoms with van der Waals surface area (Å²) >= 11 is 1.71. The van der Waals surface area contributed by atoms with Crippen LogP contribution in [0.4, 0.5) is 0 Å². The normalized spacial score (nSPS) is 13.9. The number of rotatable bonds is 4. The number of thioether (sulfide) groups is 1. The first-order valence-corrected chi connectivity index (χ1v) is 6.27. The van der Waals surface area contributed by atoms with Crippen molar-refractivity contribution in [3.05, 3.63) is 29.3 Å². The van der Waals surface area contributed by atoms with E-state index in [0.717, 1.165) is 5.75 Å². The van der Waals surface area contributed by atoms with Gasteiger partial charge in [-0.1, -0.05) is 6.07 Å². The molecule has 0 unspecified atom stereocenters. The first-order valence-electron chi connectivity index (χ1n) is 5.28. The molecule has 0 radical (unpaired) electrons. The first-order chi connectivity index (χ1) is 7.25. The second kappa shape index (κ2) is 4.71. The molecule has 3 heteroatoms. The summed E-state index contributed by atoms with van der Waals surface area (Å²) in [7, 11) is 0. The van der Waals surface area contributed by atoms with E-state index >= 15 is 0 Å². The molecule has 0 saturated heterocycles. The van der Waals surface area contributed by atoms with Crippen LogP contribution >= 0.6 is 11.8 Å². The van der Waals surface area contributed by atoms with Gasteiger partial charge >= 0.3 is 0 Å². The Labute approximate surface area is 94.2 Å². The third-order valence-electron chi connectivity index (χ3n) is 2.69. The number of hydrogen-bond donors (Lipinski definition) is 1. The standard InChI is InChI=1S/C12H15NOS/c13-12(14)6-7-15-11-5-4-9-2-1-3-10(9)8-11/h4-5,8H,1-3,6-7H2,(H2,13,14). The fourth-order valence-electron chi connectivity index (χ4n) is 1.91. The number of hydrogen-bond acceptors (Lipinski definition) is 2. The fourth-order valence-corrected chi connectivity index (χ4v) is 2.84. The fraction of sp³-hybridized carbons (Fsp3) is 0.417. The highest BCUT2D eigenvalue weighted by molar-refractivity contribution is 7.99. The third kappa shape index (κ3) is 2.75. The molecule has 1 amide bonds. The molecular formula is C12H15NOS. The summed E-state index contributed by atoms with van der Waals surface area (Å²) in [5.41, 5.74) is 8.07. The highest BCUT2D eigenvalue weighted by Gasteiger charge is 2.10. The number of aryl methyl sites for hydroxylation is 2. The van der Waals surface area contributed by atoms with Gasteiger partial charge in [-0.15, -0.1) is 11.8 Å². The molecule has 0 spiro atoms. The Morgan fingerprint density at radius 2 is 2.13 bits per heavy atom. The Morgan fingerprint density at radius 1 is 1.33 bits per heavy atom. The highest BCUT2D eigenvalue weighted by Crippen LogP contribution is 2.27. The molecule has 0 bridgehead atoms. The zero-order valence-corrected chi connectivity index (χ0v) is 9.48. The smallest absolute Gasteiger partial charge is 0.218 e. The van der Waals surface area contributed by atoms with Gasteiger partial charge < -0.3 is 5.73 Å². The van der Waals surface area contributed by atoms with Gasteiger partial charge in [-0.25, -0.2) is 0 Å². The van der Waals surface area contributed by atoms with E-state index in [-0.39, 0.29) is 5.91 Å². The Kier molecular flexibility index (Phi) is 3.31. The summed E-state index contributed by atoms with van der Waals surface area (Å²) in [6, 6.07) is 6.62. The highest BCUT2D eigenvalue weighted by atomic mass is 32.2. The number of fused-ring (bicyclic) bond motifs is 1. The van der Waals surface area contributed by atoms with Gasteiger partial charge in [-0.05, 0) is 42.5 Å². The van der Waals surface area contributed by atoms with Crippen molar-refractivity contribution in [2.75, 3.05) is 5.75 Å². The number of amides is 1. The topological polar surface area (TPSA) is 43.1 Å². The van der Waals surface area contributed by atoms with Crippen LogP contribution in [0.3, 0.4) is 0 Å². The Balaban J connectivity index is 1.95. The minimum atomic E-state index is -0.219. The minimum absolute atomic E-state index is 0.219. The van der Waals surface area contributed by atoms with Gasteiger partial charge in [0, 0.05) is 17.1 Å². The predicted octanol–water partition coefficient (Wildman–Crippen LogP) is 2.14. The monoisotopic (exact) mass is 221 g/mol. The quantitative estimate of drug-likeness (QED) is 0.792. The van der Waals surface area contributed by atoms with Crippen molar-refractivity contribution in [3.63, 3.8) is 0 Å². The molecule has 0 aromatic heterocycles. The van der Waals surface area contributed by atoms with Crippen LogP contribution in [0.2, 0.25) is 0 Å². The SMILES string of the molecule is NC(=O)CCSc1ccc2c(c1)CCC2. The van der Waals surface area contributed by atoms with E-state index in [9.17, 15) is 4.79 Å². The Morgan fingerprint density at radius 3 is 2.93 bits per heavy atom. The van der Waals surface area contributed by atoms with Crippen molar-refractivity contribution < 1.29 is 4.79 Å². The zero-order valence-electron chi connectivity index (χ0n) is 8.66. The van der Waals surface area contributed by atoms with Crippen LogP contribution in [-0.2, 0) is 17.6 Å². The van der Waals surface area contributed by atoms with Crippen molar-refractivity contribution >= 4 is 17.7 Å². The lowest BCUT2D eigenvalue weighted by atomic mass is 10.1. The molecule has 1 aliphatic carbocycles. The maximum Gasteiger partial charge on any atom is 0.218 e. The summed E-state index contributed by atoms with van der Waals surface area (Å²) in [5, 5.41) is 0. The Hall–Kier alpha value is -0.960. The van der Waals surface area contributed by atoms with Gasteiger partial charge in [0.15, 0.2) is 0 Å². The average Bonchev–Trinajstić information content (AvgIpc) is 2.64. The molecule has 1 aromatic carbocycles. The van der Waals surface area contributed by atoms with Gasteiger partial charge in [0.1, 0.15) is 0 Å². The van der Waals surface area contributed by atoms with E-state index in [1.807, 2.05) is 0 Å². The van der Waals surface area contributed by atoms with E-state index in [0.29, 0.717) is 6.42 Å². The number of primary amides is 1. The molecular weight excluding hydrogens is 206 g/mol. The van der Waals surface area contributed by atoms with Crippen molar-refractivity contribution in [2.24, 2.45) is 5.73 Å². The number of carbonyl (C=O) groups is 1. The van der Waals surface area contributed by atoms with Crippen molar-refractivity contribution in [3.8, 4) is 0 Å². The molecule has 2 N–H and O–H groups in total. The maximum absolute atomic E-state index is 10.6. The van der Waals surface area contributed by atoms with Crippen molar-refractivity contribution in [1.29, 1.82) is 0 Å². The van der Waals surface area contributed by atoms with Gasteiger partial charge in [0.25, 0.3) is 0 Å². The predicted molar refractivity (Wildman–Crippen MR) is 63.0 cm³/mol. The first kappa shape index (κ1) is 10.6. The molecule has 2 rings (SSSR count). The second-order valence-corrected chi connectivity index (χ2v) is 5.02. The third-order valence-corrected chi connectivity index (χ3v) is 3.68. The lowest BCUT2D eigenvalue weighted by Crippen LogP contribution is -2.10. The zero-order chi connectivity index (χ0) is 10.7. The van der Waals surface area contributed by atoms with E-state index in [2.05, 4.69) is 18.2 Å². The number of nitrogens with two attached hydrogens (primary N) is 1. The van der Waals surface area contributed by atoms with Crippen molar-refractivity contribution in [2.45, 2.75) is 30.6 Å². The number of carbonyl (C=O) groups excluding carboxylic acids is 1. The van der Waals surface area contributed by atoms with Crippen molar-refractivity contribution in [1.82, 2.24) is 0 Å². The van der Waals surface area contributed by atoms with Crippen LogP contribution in [0.15, 0.2) is 23.1 Å². The van der Waals surface area contributed by atoms with Gasteiger partial charge in [-0.2, -0.15) is 0 Å². The van der Waals surface area contributed by atoms with Crippen LogP contribution in [0.25, 0.3) is 0 Å². The summed E-state index contributed by atoms with van der Waals surface area (Å²) < 4.78 is 0. The van der Waals surface area contributed by atoms with E-state index in [1.54, 1.807) is 11.8 Å². The lowest BCUT2D eigenvalue weighted by Gasteiger charge is -2.03.